The maximum Gasteiger partial charge on any atom is 0.335 e. The van der Waals surface area contributed by atoms with Crippen molar-refractivity contribution in [2.75, 3.05) is 13.2 Å². The number of carbonyl (C=O) groups excluding carboxylic acids is 2. The lowest BCUT2D eigenvalue weighted by Gasteiger charge is -2.13. The van der Waals surface area contributed by atoms with Gasteiger partial charge in [0.15, 0.2) is 0 Å². The van der Waals surface area contributed by atoms with Crippen LogP contribution in [0, 0.1) is 0 Å². The van der Waals surface area contributed by atoms with Gasteiger partial charge >= 0.3 is 11.9 Å². The van der Waals surface area contributed by atoms with E-state index in [0.29, 0.717) is 10.8 Å². The Morgan fingerprint density at radius 2 is 1.66 bits per heavy atom. The fraction of sp³-hybridized carbons (Fsp3) is 0.0833. The van der Waals surface area contributed by atoms with Crippen molar-refractivity contribution in [2.45, 2.75) is 0 Å². The Hall–Kier alpha value is -4.02. The number of rotatable bonds is 8. The number of hydrogen-bond donors (Lipinski definition) is 2. The number of amides is 2. The average molecular weight is 514 g/mol. The summed E-state index contributed by atoms with van der Waals surface area (Å²) < 4.78 is 11.2. The highest BCUT2D eigenvalue weighted by atomic mass is 35.5. The van der Waals surface area contributed by atoms with Crippen molar-refractivity contribution in [1.29, 1.82) is 0 Å². The Kier molecular flexibility index (Phi) is 6.94. The number of benzene rings is 2. The molecule has 1 fully saturated rings. The second-order valence-corrected chi connectivity index (χ2v) is 8.68. The van der Waals surface area contributed by atoms with Crippen LogP contribution in [0.25, 0.3) is 17.4 Å². The molecule has 0 saturated carbocycles. The van der Waals surface area contributed by atoms with E-state index in [0.717, 1.165) is 22.7 Å². The molecule has 0 radical (unpaired) electrons. The average Bonchev–Trinajstić information content (AvgIpc) is 3.40. The highest BCUT2D eigenvalue weighted by Gasteiger charge is 2.35. The van der Waals surface area contributed by atoms with Gasteiger partial charge in [0.2, 0.25) is 0 Å². The molecule has 3 aromatic rings. The topological polar surface area (TPSA) is 134 Å². The number of hydrogen-bond acceptors (Lipinski definition) is 7. The van der Waals surface area contributed by atoms with Gasteiger partial charge in [0, 0.05) is 16.7 Å². The molecule has 4 rings (SSSR count). The first-order chi connectivity index (χ1) is 16.7. The van der Waals surface area contributed by atoms with Gasteiger partial charge in [-0.05, 0) is 66.4 Å². The molecule has 2 aromatic carbocycles. The minimum atomic E-state index is -1.28. The first-order valence-electron chi connectivity index (χ1n) is 10.1. The van der Waals surface area contributed by atoms with Crippen molar-refractivity contribution in [3.63, 3.8) is 0 Å². The number of furan rings is 1. The van der Waals surface area contributed by atoms with Gasteiger partial charge in [-0.1, -0.05) is 11.6 Å². The lowest BCUT2D eigenvalue weighted by Crippen LogP contribution is -2.32. The van der Waals surface area contributed by atoms with Crippen molar-refractivity contribution in [1.82, 2.24) is 4.90 Å². The minimum Gasteiger partial charge on any atom is -0.492 e. The van der Waals surface area contributed by atoms with Crippen LogP contribution in [0.5, 0.6) is 5.75 Å². The third kappa shape index (κ3) is 5.56. The normalized spacial score (nSPS) is 14.5. The van der Waals surface area contributed by atoms with Crippen LogP contribution in [-0.4, -0.2) is 51.3 Å². The Balaban J connectivity index is 1.47. The van der Waals surface area contributed by atoms with Crippen molar-refractivity contribution >= 4 is 52.5 Å². The molecule has 178 valence electrons. The number of halogens is 1. The number of carboxylic acids is 2. The molecule has 0 bridgehead atoms. The molecule has 0 aliphatic carbocycles. The van der Waals surface area contributed by atoms with E-state index in [4.69, 9.17) is 20.8 Å². The SMILES string of the molecule is O=C(O)c1cc(C(=O)O)cc(-c2ccc(/C=C3\SC(=O)N(CCOc4ccc(Cl)cc4)C3=O)o2)c1. The zero-order valence-corrected chi connectivity index (χ0v) is 19.3. The molecule has 0 atom stereocenters. The number of carboxylic acid groups (broad SMARTS) is 2. The first-order valence-corrected chi connectivity index (χ1v) is 11.3. The number of ether oxygens (including phenoxy) is 1. The molecule has 35 heavy (non-hydrogen) atoms. The molecule has 2 N–H and O–H groups in total. The molecule has 11 heteroatoms. The predicted octanol–water partition coefficient (Wildman–Crippen LogP) is 5.11. The van der Waals surface area contributed by atoms with Crippen LogP contribution in [0.1, 0.15) is 26.5 Å². The smallest absolute Gasteiger partial charge is 0.335 e. The quantitative estimate of drug-likeness (QED) is 0.394. The Morgan fingerprint density at radius 3 is 2.29 bits per heavy atom. The molecule has 1 aromatic heterocycles. The van der Waals surface area contributed by atoms with Crippen LogP contribution < -0.4 is 4.74 Å². The van der Waals surface area contributed by atoms with Crippen LogP contribution in [0.2, 0.25) is 5.02 Å². The maximum atomic E-state index is 12.7. The third-order valence-corrected chi connectivity index (χ3v) is 6.04. The van der Waals surface area contributed by atoms with Gasteiger partial charge < -0.3 is 19.4 Å². The van der Waals surface area contributed by atoms with E-state index >= 15 is 0 Å². The molecule has 1 aliphatic heterocycles. The number of nitrogens with zero attached hydrogens (tertiary/aromatic N) is 1. The largest absolute Gasteiger partial charge is 0.492 e. The van der Waals surface area contributed by atoms with Gasteiger partial charge in [-0.2, -0.15) is 0 Å². The summed E-state index contributed by atoms with van der Waals surface area (Å²) in [5.41, 5.74) is -0.172. The van der Waals surface area contributed by atoms with Crippen molar-refractivity contribution in [2.24, 2.45) is 0 Å². The summed E-state index contributed by atoms with van der Waals surface area (Å²) in [5, 5.41) is 18.6. The fourth-order valence-corrected chi connectivity index (χ4v) is 4.18. The zero-order chi connectivity index (χ0) is 25.1. The highest BCUT2D eigenvalue weighted by Crippen LogP contribution is 2.33. The molecular formula is C24H16ClNO8S. The second-order valence-electron chi connectivity index (χ2n) is 7.25. The second kappa shape index (κ2) is 10.1. The lowest BCUT2D eigenvalue weighted by atomic mass is 10.0. The summed E-state index contributed by atoms with van der Waals surface area (Å²) in [6.07, 6.45) is 1.40. The monoisotopic (exact) mass is 513 g/mol. The van der Waals surface area contributed by atoms with E-state index in [9.17, 15) is 29.4 Å². The number of thioether (sulfide) groups is 1. The van der Waals surface area contributed by atoms with Crippen LogP contribution in [0.15, 0.2) is 63.9 Å². The summed E-state index contributed by atoms with van der Waals surface area (Å²) in [6, 6.07) is 13.3. The van der Waals surface area contributed by atoms with Crippen molar-refractivity contribution in [3.8, 4) is 17.1 Å². The van der Waals surface area contributed by atoms with Crippen LogP contribution in [0.3, 0.4) is 0 Å². The number of aromatic carboxylic acids is 2. The highest BCUT2D eigenvalue weighted by molar-refractivity contribution is 8.18. The van der Waals surface area contributed by atoms with E-state index in [-0.39, 0.29) is 46.3 Å². The van der Waals surface area contributed by atoms with Gasteiger partial charge in [0.05, 0.1) is 22.6 Å². The summed E-state index contributed by atoms with van der Waals surface area (Å²) in [7, 11) is 0. The number of imide groups is 1. The molecule has 0 unspecified atom stereocenters. The van der Waals surface area contributed by atoms with Gasteiger partial charge in [-0.25, -0.2) is 9.59 Å². The van der Waals surface area contributed by atoms with Crippen LogP contribution in [-0.2, 0) is 4.79 Å². The van der Waals surface area contributed by atoms with Crippen molar-refractivity contribution < 1.29 is 38.5 Å². The standard InChI is InChI=1S/C24H16ClNO8S/c25-16-1-3-17(4-2-16)33-8-7-26-21(27)20(35-24(26)32)12-18-5-6-19(34-18)13-9-14(22(28)29)11-15(10-13)23(30)31/h1-6,9-12H,7-8H2,(H,28,29)(H,30,31)/b20-12-. The van der Waals surface area contributed by atoms with E-state index in [1.807, 2.05) is 0 Å². The van der Waals surface area contributed by atoms with Gasteiger partial charge in [-0.3, -0.25) is 14.5 Å². The summed E-state index contributed by atoms with van der Waals surface area (Å²) in [5.74, 6) is -2.07. The molecule has 9 nitrogen and oxygen atoms in total. The number of carbonyl (C=O) groups is 4. The molecule has 2 amide bonds. The molecule has 2 heterocycles. The van der Waals surface area contributed by atoms with Gasteiger partial charge in [-0.15, -0.1) is 0 Å². The molecular weight excluding hydrogens is 498 g/mol. The predicted molar refractivity (Wildman–Crippen MR) is 128 cm³/mol. The third-order valence-electron chi connectivity index (χ3n) is 4.88. The fourth-order valence-electron chi connectivity index (χ4n) is 3.21. The van der Waals surface area contributed by atoms with Gasteiger partial charge in [0.1, 0.15) is 23.9 Å². The Morgan fingerprint density at radius 1 is 1.00 bits per heavy atom. The van der Waals surface area contributed by atoms with Crippen molar-refractivity contribution in [3.05, 3.63) is 81.4 Å². The van der Waals surface area contributed by atoms with E-state index < -0.39 is 23.1 Å². The summed E-state index contributed by atoms with van der Waals surface area (Å²) in [6.45, 7) is 0.150. The Labute approximate surface area is 207 Å². The lowest BCUT2D eigenvalue weighted by molar-refractivity contribution is -0.123. The maximum absolute atomic E-state index is 12.7. The van der Waals surface area contributed by atoms with Crippen LogP contribution in [0.4, 0.5) is 4.79 Å². The van der Waals surface area contributed by atoms with E-state index in [1.54, 1.807) is 24.3 Å². The molecule has 1 aliphatic rings. The van der Waals surface area contributed by atoms with E-state index in [1.165, 1.54) is 30.3 Å². The van der Waals surface area contributed by atoms with Gasteiger partial charge in [0.25, 0.3) is 11.1 Å². The summed E-state index contributed by atoms with van der Waals surface area (Å²) >= 11 is 6.58. The zero-order valence-electron chi connectivity index (χ0n) is 17.8. The minimum absolute atomic E-state index is 0.0496. The first kappa shape index (κ1) is 24.1. The molecule has 1 saturated heterocycles. The molecule has 0 spiro atoms. The Bertz CT molecular complexity index is 1330. The summed E-state index contributed by atoms with van der Waals surface area (Å²) in [4.78, 5) is 48.9. The van der Waals surface area contributed by atoms with Crippen LogP contribution >= 0.6 is 23.4 Å². The van der Waals surface area contributed by atoms with E-state index in [2.05, 4.69) is 0 Å².